The van der Waals surface area contributed by atoms with Crippen LogP contribution in [0.2, 0.25) is 5.02 Å². The van der Waals surface area contributed by atoms with Crippen molar-refractivity contribution in [3.63, 3.8) is 0 Å². The summed E-state index contributed by atoms with van der Waals surface area (Å²) >= 11 is 14.8. The molecule has 94 valence electrons. The Hall–Kier alpha value is -0.840. The first kappa shape index (κ1) is 13.6. The molecule has 0 bridgehead atoms. The zero-order valence-electron chi connectivity index (χ0n) is 8.96. The molecule has 2 rings (SSSR count). The summed E-state index contributed by atoms with van der Waals surface area (Å²) in [6.07, 6.45) is 1.43. The summed E-state index contributed by atoms with van der Waals surface area (Å²) in [6, 6.07) is 6.53. The van der Waals surface area contributed by atoms with E-state index in [1.165, 1.54) is 12.3 Å². The van der Waals surface area contributed by atoms with Crippen LogP contribution >= 0.6 is 39.1 Å². The van der Waals surface area contributed by atoms with Crippen molar-refractivity contribution < 1.29 is 9.13 Å². The fraction of sp³-hybridized carbons (Fsp3) is 0.0833. The van der Waals surface area contributed by atoms with Crippen LogP contribution < -0.4 is 4.74 Å². The van der Waals surface area contributed by atoms with Crippen LogP contribution in [0.25, 0.3) is 0 Å². The number of nitrogens with zero attached hydrogens (tertiary/aromatic N) is 1. The minimum absolute atomic E-state index is 0.0525. The van der Waals surface area contributed by atoms with E-state index >= 15 is 0 Å². The molecule has 0 fully saturated rings. The quantitative estimate of drug-likeness (QED) is 0.712. The lowest BCUT2D eigenvalue weighted by Gasteiger charge is -2.09. The number of benzene rings is 1. The summed E-state index contributed by atoms with van der Waals surface area (Å²) in [6.45, 7) is 0. The molecule has 0 aliphatic carbocycles. The molecule has 6 heteroatoms. The van der Waals surface area contributed by atoms with E-state index in [-0.39, 0.29) is 11.8 Å². The molecule has 0 unspecified atom stereocenters. The number of alkyl halides is 1. The monoisotopic (exact) mass is 349 g/mol. The highest BCUT2D eigenvalue weighted by Crippen LogP contribution is 2.32. The lowest BCUT2D eigenvalue weighted by atomic mass is 10.3. The van der Waals surface area contributed by atoms with Gasteiger partial charge in [-0.1, -0.05) is 27.5 Å². The number of ether oxygens (including phenoxy) is 1. The van der Waals surface area contributed by atoms with Gasteiger partial charge in [-0.05, 0) is 24.3 Å². The summed E-state index contributed by atoms with van der Waals surface area (Å²) in [7, 11) is 0. The highest BCUT2D eigenvalue weighted by atomic mass is 79.9. The van der Waals surface area contributed by atoms with Gasteiger partial charge < -0.3 is 4.74 Å². The lowest BCUT2D eigenvalue weighted by molar-refractivity contribution is 0.420. The lowest BCUT2D eigenvalue weighted by Crippen LogP contribution is -1.96. The van der Waals surface area contributed by atoms with Crippen molar-refractivity contribution in [3.8, 4) is 11.6 Å². The number of pyridine rings is 1. The molecule has 2 nitrogen and oxygen atoms in total. The second-order valence-electron chi connectivity index (χ2n) is 3.40. The van der Waals surface area contributed by atoms with E-state index in [1.807, 2.05) is 0 Å². The van der Waals surface area contributed by atoms with Crippen molar-refractivity contribution in [1.82, 2.24) is 4.98 Å². The molecular weight excluding hydrogens is 344 g/mol. The molecule has 0 amide bonds. The summed E-state index contributed by atoms with van der Waals surface area (Å²) in [5.41, 5.74) is 0.327. The van der Waals surface area contributed by atoms with E-state index in [2.05, 4.69) is 20.9 Å². The molecule has 0 radical (unpaired) electrons. The van der Waals surface area contributed by atoms with Crippen molar-refractivity contribution in [1.29, 1.82) is 0 Å². The Morgan fingerprint density at radius 1 is 1.33 bits per heavy atom. The summed E-state index contributed by atoms with van der Waals surface area (Å²) < 4.78 is 20.0. The molecule has 1 aromatic carbocycles. The Bertz CT molecular complexity index is 580. The first-order valence-electron chi connectivity index (χ1n) is 4.94. The third-order valence-electron chi connectivity index (χ3n) is 2.18. The Labute approximate surface area is 122 Å². The van der Waals surface area contributed by atoms with Gasteiger partial charge in [0.05, 0.1) is 10.9 Å². The molecule has 0 N–H and O–H groups in total. The molecule has 18 heavy (non-hydrogen) atoms. The molecule has 0 saturated carbocycles. The maximum absolute atomic E-state index is 13.9. The first-order valence-corrected chi connectivity index (χ1v) is 6.64. The Morgan fingerprint density at radius 3 is 2.83 bits per heavy atom. The minimum Gasteiger partial charge on any atom is -0.435 e. The van der Waals surface area contributed by atoms with E-state index in [4.69, 9.17) is 27.9 Å². The molecular formula is C12H7BrCl2FNO. The highest BCUT2D eigenvalue weighted by molar-refractivity contribution is 9.10. The van der Waals surface area contributed by atoms with Crippen molar-refractivity contribution in [2.75, 3.05) is 0 Å². The predicted octanol–water partition coefficient (Wildman–Crippen LogP) is 5.17. The molecule has 0 atom stereocenters. The number of rotatable bonds is 3. The molecule has 1 aromatic heterocycles. The zero-order chi connectivity index (χ0) is 13.1. The predicted molar refractivity (Wildman–Crippen MR) is 73.0 cm³/mol. The minimum atomic E-state index is -0.580. The van der Waals surface area contributed by atoms with Gasteiger partial charge in [0.15, 0.2) is 5.82 Å². The normalized spacial score (nSPS) is 10.4. The molecule has 0 spiro atoms. The van der Waals surface area contributed by atoms with Crippen LogP contribution in [-0.2, 0) is 5.88 Å². The zero-order valence-corrected chi connectivity index (χ0v) is 12.1. The Balaban J connectivity index is 2.37. The van der Waals surface area contributed by atoms with Gasteiger partial charge >= 0.3 is 0 Å². The first-order chi connectivity index (χ1) is 8.61. The molecule has 0 aliphatic rings. The summed E-state index contributed by atoms with van der Waals surface area (Å²) in [4.78, 5) is 3.82. The number of halogens is 4. The van der Waals surface area contributed by atoms with Gasteiger partial charge in [0.1, 0.15) is 5.75 Å². The largest absolute Gasteiger partial charge is 0.435 e. The summed E-state index contributed by atoms with van der Waals surface area (Å²) in [5.74, 6) is -0.349. The Kier molecular flexibility index (Phi) is 4.43. The van der Waals surface area contributed by atoms with Gasteiger partial charge in [0.2, 0.25) is 0 Å². The second-order valence-corrected chi connectivity index (χ2v) is 4.99. The average Bonchev–Trinajstić information content (AvgIpc) is 2.36. The van der Waals surface area contributed by atoms with E-state index in [1.54, 1.807) is 18.2 Å². The fourth-order valence-electron chi connectivity index (χ4n) is 1.30. The molecule has 0 saturated heterocycles. The van der Waals surface area contributed by atoms with Gasteiger partial charge in [-0.15, -0.1) is 11.6 Å². The molecule has 0 aliphatic heterocycles. The topological polar surface area (TPSA) is 22.1 Å². The second kappa shape index (κ2) is 5.87. The van der Waals surface area contributed by atoms with Crippen molar-refractivity contribution in [2.45, 2.75) is 5.88 Å². The average molecular weight is 351 g/mol. The van der Waals surface area contributed by atoms with Crippen LogP contribution in [0.4, 0.5) is 4.39 Å². The third-order valence-corrected chi connectivity index (χ3v) is 3.27. The third kappa shape index (κ3) is 2.94. The van der Waals surface area contributed by atoms with Crippen LogP contribution in [0.3, 0.4) is 0 Å². The number of hydrogen-bond donors (Lipinski definition) is 0. The van der Waals surface area contributed by atoms with E-state index < -0.39 is 5.82 Å². The van der Waals surface area contributed by atoms with Crippen LogP contribution in [0.15, 0.2) is 34.9 Å². The van der Waals surface area contributed by atoms with E-state index in [9.17, 15) is 4.39 Å². The molecule has 2 aromatic rings. The number of hydrogen-bond acceptors (Lipinski definition) is 2. The maximum atomic E-state index is 13.9. The Morgan fingerprint density at radius 2 is 2.11 bits per heavy atom. The van der Waals surface area contributed by atoms with Crippen molar-refractivity contribution in [2.24, 2.45) is 0 Å². The van der Waals surface area contributed by atoms with Gasteiger partial charge in [-0.3, -0.25) is 0 Å². The van der Waals surface area contributed by atoms with Crippen LogP contribution in [0.1, 0.15) is 5.56 Å². The highest BCUT2D eigenvalue weighted by Gasteiger charge is 2.12. The van der Waals surface area contributed by atoms with Crippen molar-refractivity contribution >= 4 is 39.1 Å². The smallest absolute Gasteiger partial charge is 0.256 e. The van der Waals surface area contributed by atoms with Crippen LogP contribution in [-0.4, -0.2) is 4.98 Å². The van der Waals surface area contributed by atoms with Gasteiger partial charge in [-0.25, -0.2) is 9.37 Å². The van der Waals surface area contributed by atoms with Crippen LogP contribution in [0, 0.1) is 5.82 Å². The standard InChI is InChI=1S/C12H7BrCl2FNO/c13-8-1-2-9(15)10(5-8)18-12-11(16)7(6-14)3-4-17-12/h1-5H,6H2. The van der Waals surface area contributed by atoms with E-state index in [0.717, 1.165) is 4.47 Å². The van der Waals surface area contributed by atoms with Gasteiger partial charge in [-0.2, -0.15) is 0 Å². The SMILES string of the molecule is Fc1c(CCl)ccnc1Oc1cc(Br)ccc1Cl. The van der Waals surface area contributed by atoms with E-state index in [0.29, 0.717) is 16.3 Å². The van der Waals surface area contributed by atoms with Gasteiger partial charge in [0, 0.05) is 16.2 Å². The van der Waals surface area contributed by atoms with Crippen molar-refractivity contribution in [3.05, 3.63) is 51.3 Å². The van der Waals surface area contributed by atoms with Crippen LogP contribution in [0.5, 0.6) is 11.6 Å². The molecule has 1 heterocycles. The van der Waals surface area contributed by atoms with Gasteiger partial charge in [0.25, 0.3) is 5.88 Å². The maximum Gasteiger partial charge on any atom is 0.256 e. The summed E-state index contributed by atoms with van der Waals surface area (Å²) in [5, 5.41) is 0.371. The fourth-order valence-corrected chi connectivity index (χ4v) is 2.00. The number of aromatic nitrogens is 1.